The first-order valence-electron chi connectivity index (χ1n) is 11.4. The molecule has 0 aliphatic carbocycles. The molecule has 0 saturated heterocycles. The molecule has 0 spiro atoms. The van der Waals surface area contributed by atoms with Gasteiger partial charge in [0.05, 0.1) is 5.92 Å². The number of carbonyl (C=O) groups excluding carboxylic acids is 1. The molecule has 2 unspecified atom stereocenters. The highest BCUT2D eigenvalue weighted by molar-refractivity contribution is 14.1. The monoisotopic (exact) mass is 536 g/mol. The molecule has 0 fully saturated rings. The maximum atomic E-state index is 13.0. The van der Waals surface area contributed by atoms with Crippen LogP contribution in [0.1, 0.15) is 63.6 Å². The first kappa shape index (κ1) is 25.9. The molecule has 2 atom stereocenters. The lowest BCUT2D eigenvalue weighted by atomic mass is 9.81. The summed E-state index contributed by atoms with van der Waals surface area (Å²) in [5.41, 5.74) is 3.39. The van der Waals surface area contributed by atoms with Crippen LogP contribution in [0.2, 0.25) is 0 Å². The fourth-order valence-corrected chi connectivity index (χ4v) is 4.27. The molecule has 2 rings (SSSR count). The van der Waals surface area contributed by atoms with Gasteiger partial charge in [0.2, 0.25) is 0 Å². The molecular weight excluding hydrogens is 499 g/mol. The smallest absolute Gasteiger partial charge is 0.309 e. The average Bonchev–Trinajstić information content (AvgIpc) is 2.73. The van der Waals surface area contributed by atoms with Crippen molar-refractivity contribution in [2.45, 2.75) is 71.8 Å². The van der Waals surface area contributed by atoms with E-state index in [0.29, 0.717) is 6.42 Å². The van der Waals surface area contributed by atoms with Crippen molar-refractivity contribution in [3.8, 4) is 0 Å². The van der Waals surface area contributed by atoms with Crippen molar-refractivity contribution < 1.29 is 14.6 Å². The number of aliphatic hydroxyl groups is 1. The number of hydrogen-bond donors (Lipinski definition) is 1. The molecule has 0 aliphatic rings. The Labute approximate surface area is 201 Å². The lowest BCUT2D eigenvalue weighted by molar-refractivity contribution is -0.163. The van der Waals surface area contributed by atoms with Crippen molar-refractivity contribution in [1.29, 1.82) is 0 Å². The number of benzene rings is 2. The quantitative estimate of drug-likeness (QED) is 0.268. The van der Waals surface area contributed by atoms with Crippen LogP contribution >= 0.6 is 22.6 Å². The Kier molecular flexibility index (Phi) is 10.5. The van der Waals surface area contributed by atoms with Crippen molar-refractivity contribution in [1.82, 2.24) is 0 Å². The molecule has 1 N–H and O–H groups in total. The Morgan fingerprint density at radius 1 is 0.903 bits per heavy atom. The molecule has 2 aromatic carbocycles. The zero-order chi connectivity index (χ0) is 22.9. The number of carbonyl (C=O) groups is 1. The highest BCUT2D eigenvalue weighted by Gasteiger charge is 2.31. The number of halogens is 1. The van der Waals surface area contributed by atoms with E-state index in [0.717, 1.165) is 32.1 Å². The summed E-state index contributed by atoms with van der Waals surface area (Å²) in [5, 5.41) is 9.68. The van der Waals surface area contributed by atoms with Crippen molar-refractivity contribution in [2.24, 2.45) is 11.8 Å². The van der Waals surface area contributed by atoms with Gasteiger partial charge in [0, 0.05) is 10.2 Å². The van der Waals surface area contributed by atoms with Gasteiger partial charge in [-0.25, -0.2) is 0 Å². The van der Waals surface area contributed by atoms with Crippen molar-refractivity contribution in [3.05, 3.63) is 68.8 Å². The Hall–Kier alpha value is -1.40. The van der Waals surface area contributed by atoms with E-state index in [2.05, 4.69) is 78.0 Å². The summed E-state index contributed by atoms with van der Waals surface area (Å²) in [5.74, 6) is -0.314. The fraction of sp³-hybridized carbons (Fsp3) is 0.519. The highest BCUT2D eigenvalue weighted by atomic mass is 127. The van der Waals surface area contributed by atoms with Gasteiger partial charge in [-0.3, -0.25) is 4.79 Å². The van der Waals surface area contributed by atoms with Crippen LogP contribution in [-0.2, 0) is 28.8 Å². The predicted octanol–water partition coefficient (Wildman–Crippen LogP) is 6.38. The summed E-state index contributed by atoms with van der Waals surface area (Å²) in [6, 6.07) is 17.4. The molecule has 4 heteroatoms. The summed E-state index contributed by atoms with van der Waals surface area (Å²) in [4.78, 5) is 13.0. The first-order chi connectivity index (χ1) is 14.7. The summed E-state index contributed by atoms with van der Waals surface area (Å²) in [6.45, 7) is 7.86. The summed E-state index contributed by atoms with van der Waals surface area (Å²) < 4.78 is 6.95. The standard InChI is InChI=1S/C27H37IO3/c1-5-20-6-8-21(9-7-20)10-14-23(15-11-22-12-16-24(28)17-13-22)25(18-19-29)26(30)31-27(2,3)4/h6-9,12-13,16-17,23,25,29H,5,10-11,14-15,18-19H2,1-4H3. The molecule has 0 aromatic heterocycles. The number of aryl methyl sites for hydroxylation is 3. The lowest BCUT2D eigenvalue weighted by Gasteiger charge is -2.29. The van der Waals surface area contributed by atoms with Crippen LogP contribution in [0.4, 0.5) is 0 Å². The molecule has 170 valence electrons. The molecule has 0 radical (unpaired) electrons. The van der Waals surface area contributed by atoms with Crippen LogP contribution in [0.15, 0.2) is 48.5 Å². The minimum atomic E-state index is -0.526. The van der Waals surface area contributed by atoms with Crippen LogP contribution in [-0.4, -0.2) is 23.3 Å². The first-order valence-corrected chi connectivity index (χ1v) is 12.5. The second-order valence-electron chi connectivity index (χ2n) is 9.29. The van der Waals surface area contributed by atoms with Gasteiger partial charge >= 0.3 is 5.97 Å². The molecule has 0 heterocycles. The van der Waals surface area contributed by atoms with Crippen LogP contribution in [0.25, 0.3) is 0 Å². The van der Waals surface area contributed by atoms with E-state index in [4.69, 9.17) is 4.74 Å². The number of rotatable bonds is 11. The summed E-state index contributed by atoms with van der Waals surface area (Å²) >= 11 is 2.32. The third-order valence-corrected chi connectivity index (χ3v) is 6.39. The molecule has 2 aromatic rings. The van der Waals surface area contributed by atoms with E-state index in [1.165, 1.54) is 20.3 Å². The predicted molar refractivity (Wildman–Crippen MR) is 136 cm³/mol. The van der Waals surface area contributed by atoms with E-state index in [1.807, 2.05) is 20.8 Å². The topological polar surface area (TPSA) is 46.5 Å². The second-order valence-corrected chi connectivity index (χ2v) is 10.5. The minimum Gasteiger partial charge on any atom is -0.460 e. The molecule has 0 saturated carbocycles. The van der Waals surface area contributed by atoms with Gasteiger partial charge in [-0.15, -0.1) is 0 Å². The molecule has 31 heavy (non-hydrogen) atoms. The van der Waals surface area contributed by atoms with Crippen molar-refractivity contribution in [3.63, 3.8) is 0 Å². The number of hydrogen-bond acceptors (Lipinski definition) is 3. The van der Waals surface area contributed by atoms with Gasteiger partial charge in [0.25, 0.3) is 0 Å². The van der Waals surface area contributed by atoms with Crippen LogP contribution < -0.4 is 0 Å². The zero-order valence-electron chi connectivity index (χ0n) is 19.4. The second kappa shape index (κ2) is 12.6. The minimum absolute atomic E-state index is 0.00482. The number of esters is 1. The normalized spacial score (nSPS) is 13.6. The molecule has 3 nitrogen and oxygen atoms in total. The zero-order valence-corrected chi connectivity index (χ0v) is 21.5. The third-order valence-electron chi connectivity index (χ3n) is 5.67. The molecular formula is C27H37IO3. The average molecular weight is 536 g/mol. The van der Waals surface area contributed by atoms with Crippen LogP contribution in [0.3, 0.4) is 0 Å². The lowest BCUT2D eigenvalue weighted by Crippen LogP contribution is -2.33. The van der Waals surface area contributed by atoms with E-state index in [1.54, 1.807) is 0 Å². The van der Waals surface area contributed by atoms with E-state index >= 15 is 0 Å². The van der Waals surface area contributed by atoms with Crippen molar-refractivity contribution in [2.75, 3.05) is 6.61 Å². The Morgan fingerprint density at radius 2 is 1.39 bits per heavy atom. The maximum absolute atomic E-state index is 13.0. The van der Waals surface area contributed by atoms with E-state index in [9.17, 15) is 9.90 Å². The number of ether oxygens (including phenoxy) is 1. The van der Waals surface area contributed by atoms with Crippen molar-refractivity contribution >= 4 is 28.6 Å². The Morgan fingerprint density at radius 3 is 1.84 bits per heavy atom. The van der Waals surface area contributed by atoms with Gasteiger partial charge < -0.3 is 9.84 Å². The van der Waals surface area contributed by atoms with E-state index in [-0.39, 0.29) is 24.4 Å². The maximum Gasteiger partial charge on any atom is 0.309 e. The third kappa shape index (κ3) is 9.32. The van der Waals surface area contributed by atoms with Gasteiger partial charge in [0.1, 0.15) is 5.60 Å². The largest absolute Gasteiger partial charge is 0.460 e. The molecule has 0 aliphatic heterocycles. The summed E-state index contributed by atoms with van der Waals surface area (Å²) in [6.07, 6.45) is 5.13. The Balaban J connectivity index is 2.15. The highest BCUT2D eigenvalue weighted by Crippen LogP contribution is 2.29. The van der Waals surface area contributed by atoms with Crippen LogP contribution in [0.5, 0.6) is 0 Å². The fourth-order valence-electron chi connectivity index (χ4n) is 3.91. The van der Waals surface area contributed by atoms with Crippen LogP contribution in [0, 0.1) is 15.4 Å². The van der Waals surface area contributed by atoms with Gasteiger partial charge in [-0.05, 0) is 117 Å². The summed E-state index contributed by atoms with van der Waals surface area (Å²) in [7, 11) is 0. The SMILES string of the molecule is CCc1ccc(CCC(CCc2ccc(I)cc2)C(CCO)C(=O)OC(C)(C)C)cc1. The van der Waals surface area contributed by atoms with Gasteiger partial charge in [-0.2, -0.15) is 0 Å². The Bertz CT molecular complexity index is 791. The van der Waals surface area contributed by atoms with E-state index < -0.39 is 5.60 Å². The van der Waals surface area contributed by atoms with Gasteiger partial charge in [0.15, 0.2) is 0 Å². The molecule has 0 amide bonds. The van der Waals surface area contributed by atoms with Gasteiger partial charge in [-0.1, -0.05) is 43.3 Å². The molecule has 0 bridgehead atoms. The number of aliphatic hydroxyl groups excluding tert-OH is 1.